The molecule has 0 atom stereocenters. The van der Waals surface area contributed by atoms with Crippen LogP contribution in [-0.2, 0) is 0 Å². The number of thiazole rings is 1. The summed E-state index contributed by atoms with van der Waals surface area (Å²) in [5.41, 5.74) is 1.48. The van der Waals surface area contributed by atoms with E-state index in [9.17, 15) is 9.90 Å². The lowest BCUT2D eigenvalue weighted by molar-refractivity contribution is 0.0690. The average Bonchev–Trinajstić information content (AvgIpc) is 2.76. The van der Waals surface area contributed by atoms with Crippen molar-refractivity contribution >= 4 is 29.1 Å². The number of aromatic carboxylic acids is 1. The van der Waals surface area contributed by atoms with Crippen LogP contribution >= 0.6 is 23.1 Å². The molecule has 0 aliphatic heterocycles. The lowest BCUT2D eigenvalue weighted by Crippen LogP contribution is -2.07. The molecule has 0 aromatic carbocycles. The second-order valence-corrected chi connectivity index (χ2v) is 5.43. The van der Waals surface area contributed by atoms with Crippen molar-refractivity contribution in [3.63, 3.8) is 0 Å². The van der Waals surface area contributed by atoms with Gasteiger partial charge in [-0.15, -0.1) is 16.4 Å². The molecule has 0 aliphatic carbocycles. The van der Waals surface area contributed by atoms with Crippen LogP contribution in [0.1, 0.15) is 21.6 Å². The number of carbonyl (C=O) groups is 1. The highest BCUT2D eigenvalue weighted by atomic mass is 32.2. The van der Waals surface area contributed by atoms with Crippen LogP contribution in [0, 0.1) is 13.8 Å². The summed E-state index contributed by atoms with van der Waals surface area (Å²) in [5, 5.41) is 19.3. The Labute approximate surface area is 106 Å². The van der Waals surface area contributed by atoms with Gasteiger partial charge in [-0.3, -0.25) is 0 Å². The van der Waals surface area contributed by atoms with Crippen LogP contribution in [-0.4, -0.2) is 26.3 Å². The molecule has 0 radical (unpaired) electrons. The van der Waals surface area contributed by atoms with E-state index < -0.39 is 5.97 Å². The summed E-state index contributed by atoms with van der Waals surface area (Å²) in [6, 6.07) is 0. The minimum Gasteiger partial charge on any atom is -0.478 e. The Hall–Kier alpha value is -1.47. The molecule has 2 aromatic rings. The van der Waals surface area contributed by atoms with Crippen molar-refractivity contribution in [1.29, 1.82) is 0 Å². The Balaban J connectivity index is 2.47. The summed E-state index contributed by atoms with van der Waals surface area (Å²) >= 11 is 2.66. The van der Waals surface area contributed by atoms with Gasteiger partial charge in [-0.1, -0.05) is 0 Å². The van der Waals surface area contributed by atoms with E-state index in [2.05, 4.69) is 15.2 Å². The maximum absolute atomic E-state index is 11.2. The van der Waals surface area contributed by atoms with Gasteiger partial charge in [-0.25, -0.2) is 9.78 Å². The van der Waals surface area contributed by atoms with E-state index in [0.717, 1.165) is 4.34 Å². The first kappa shape index (κ1) is 12.0. The van der Waals surface area contributed by atoms with Gasteiger partial charge in [0.05, 0.1) is 11.3 Å². The van der Waals surface area contributed by atoms with Gasteiger partial charge in [0.25, 0.3) is 0 Å². The Morgan fingerprint density at radius 1 is 1.41 bits per heavy atom. The van der Waals surface area contributed by atoms with Crippen LogP contribution in [0.2, 0.25) is 0 Å². The Bertz CT molecular complexity index is 555. The fourth-order valence-corrected chi connectivity index (χ4v) is 2.91. The van der Waals surface area contributed by atoms with Crippen molar-refractivity contribution in [2.75, 3.05) is 0 Å². The average molecular weight is 267 g/mol. The van der Waals surface area contributed by atoms with Crippen LogP contribution in [0.5, 0.6) is 0 Å². The Morgan fingerprint density at radius 2 is 2.18 bits per heavy atom. The maximum Gasteiger partial charge on any atom is 0.338 e. The molecule has 1 N–H and O–H groups in total. The lowest BCUT2D eigenvalue weighted by Gasteiger charge is -2.07. The minimum atomic E-state index is -0.987. The summed E-state index contributed by atoms with van der Waals surface area (Å²) < 4.78 is 0.755. The van der Waals surface area contributed by atoms with Gasteiger partial charge < -0.3 is 5.11 Å². The first-order valence-corrected chi connectivity index (χ1v) is 6.43. The van der Waals surface area contributed by atoms with E-state index in [1.807, 2.05) is 5.38 Å². The van der Waals surface area contributed by atoms with Crippen LogP contribution in [0.15, 0.2) is 20.9 Å². The largest absolute Gasteiger partial charge is 0.478 e. The van der Waals surface area contributed by atoms with E-state index in [1.165, 1.54) is 23.1 Å². The lowest BCUT2D eigenvalue weighted by atomic mass is 10.1. The number of aryl methyl sites for hydroxylation is 1. The summed E-state index contributed by atoms with van der Waals surface area (Å²) in [6.07, 6.45) is 1.67. The van der Waals surface area contributed by atoms with Gasteiger partial charge in [0.1, 0.15) is 5.03 Å². The Kier molecular flexibility index (Phi) is 3.39. The number of carboxylic acid groups (broad SMARTS) is 1. The van der Waals surface area contributed by atoms with Crippen LogP contribution in [0.25, 0.3) is 0 Å². The van der Waals surface area contributed by atoms with Crippen molar-refractivity contribution in [2.45, 2.75) is 23.2 Å². The van der Waals surface area contributed by atoms with Crippen molar-refractivity contribution in [1.82, 2.24) is 15.2 Å². The molecule has 2 heterocycles. The third kappa shape index (κ3) is 2.45. The molecular weight excluding hydrogens is 258 g/mol. The van der Waals surface area contributed by atoms with Crippen LogP contribution < -0.4 is 0 Å². The summed E-state index contributed by atoms with van der Waals surface area (Å²) in [4.78, 5) is 15.3. The van der Waals surface area contributed by atoms with E-state index in [4.69, 9.17) is 0 Å². The van der Waals surface area contributed by atoms with Crippen LogP contribution in [0.3, 0.4) is 0 Å². The molecule has 2 aromatic heterocycles. The van der Waals surface area contributed by atoms with Gasteiger partial charge in [0, 0.05) is 11.6 Å². The van der Waals surface area contributed by atoms with Gasteiger partial charge in [-0.05, 0) is 31.2 Å². The molecule has 0 bridgehead atoms. The second kappa shape index (κ2) is 4.80. The Morgan fingerprint density at radius 3 is 2.76 bits per heavy atom. The highest BCUT2D eigenvalue weighted by molar-refractivity contribution is 8.01. The molecule has 0 unspecified atom stereocenters. The number of rotatable bonds is 3. The van der Waals surface area contributed by atoms with Gasteiger partial charge in [-0.2, -0.15) is 5.10 Å². The quantitative estimate of drug-likeness (QED) is 0.920. The van der Waals surface area contributed by atoms with E-state index in [1.54, 1.807) is 20.0 Å². The third-order valence-electron chi connectivity index (χ3n) is 2.23. The summed E-state index contributed by atoms with van der Waals surface area (Å²) in [7, 11) is 0. The molecular formula is C10H9N3O2S2. The molecule has 2 rings (SSSR count). The standard InChI is InChI=1S/C10H9N3O2S2/c1-5-6(2)12-13-8(7(5)9(14)15)17-10-11-3-4-16-10/h3-4H,1-2H3,(H,14,15). The summed E-state index contributed by atoms with van der Waals surface area (Å²) in [5.74, 6) is -0.987. The SMILES string of the molecule is Cc1nnc(Sc2nccs2)c(C(=O)O)c1C. The van der Waals surface area contributed by atoms with Gasteiger partial charge >= 0.3 is 5.97 Å². The van der Waals surface area contributed by atoms with Gasteiger partial charge in [0.15, 0.2) is 4.34 Å². The predicted octanol–water partition coefficient (Wildman–Crippen LogP) is 2.40. The number of nitrogens with zero attached hydrogens (tertiary/aromatic N) is 3. The minimum absolute atomic E-state index is 0.206. The smallest absolute Gasteiger partial charge is 0.338 e. The van der Waals surface area contributed by atoms with E-state index in [-0.39, 0.29) is 5.56 Å². The predicted molar refractivity (Wildman–Crippen MR) is 64.7 cm³/mol. The molecule has 88 valence electrons. The molecule has 17 heavy (non-hydrogen) atoms. The number of aromatic nitrogens is 3. The van der Waals surface area contributed by atoms with E-state index in [0.29, 0.717) is 16.3 Å². The molecule has 0 amide bonds. The summed E-state index contributed by atoms with van der Waals surface area (Å²) in [6.45, 7) is 3.48. The van der Waals surface area contributed by atoms with Crippen molar-refractivity contribution < 1.29 is 9.90 Å². The van der Waals surface area contributed by atoms with Crippen molar-refractivity contribution in [3.8, 4) is 0 Å². The van der Waals surface area contributed by atoms with Crippen molar-refractivity contribution in [2.24, 2.45) is 0 Å². The monoisotopic (exact) mass is 267 g/mol. The first-order chi connectivity index (χ1) is 8.09. The van der Waals surface area contributed by atoms with Crippen LogP contribution in [0.4, 0.5) is 0 Å². The third-order valence-corrected chi connectivity index (χ3v) is 4.09. The molecule has 0 spiro atoms. The molecule has 0 fully saturated rings. The molecule has 0 saturated heterocycles. The molecule has 7 heteroatoms. The highest BCUT2D eigenvalue weighted by Gasteiger charge is 2.19. The second-order valence-electron chi connectivity index (χ2n) is 3.30. The fraction of sp³-hybridized carbons (Fsp3) is 0.200. The molecule has 0 saturated carbocycles. The van der Waals surface area contributed by atoms with Crippen molar-refractivity contribution in [3.05, 3.63) is 28.4 Å². The topological polar surface area (TPSA) is 76.0 Å². The first-order valence-electron chi connectivity index (χ1n) is 4.74. The van der Waals surface area contributed by atoms with Gasteiger partial charge in [0.2, 0.25) is 0 Å². The molecule has 0 aliphatic rings. The zero-order valence-corrected chi connectivity index (χ0v) is 10.8. The maximum atomic E-state index is 11.2. The fourth-order valence-electron chi connectivity index (χ4n) is 1.25. The normalized spacial score (nSPS) is 10.5. The zero-order chi connectivity index (χ0) is 12.4. The molecule has 5 nitrogen and oxygen atoms in total. The number of hydrogen-bond acceptors (Lipinski definition) is 6. The number of carboxylic acids is 1. The zero-order valence-electron chi connectivity index (χ0n) is 9.17. The number of hydrogen-bond donors (Lipinski definition) is 1. The van der Waals surface area contributed by atoms with E-state index >= 15 is 0 Å². The highest BCUT2D eigenvalue weighted by Crippen LogP contribution is 2.31.